The third kappa shape index (κ3) is 3.90. The van der Waals surface area contributed by atoms with Crippen LogP contribution in [0, 0.1) is 11.3 Å². The summed E-state index contributed by atoms with van der Waals surface area (Å²) in [5.41, 5.74) is 2.11. The summed E-state index contributed by atoms with van der Waals surface area (Å²) >= 11 is 1.41. The fourth-order valence-electron chi connectivity index (χ4n) is 3.15. The number of carbonyl (C=O) groups excluding carboxylic acids is 1. The second kappa shape index (κ2) is 9.42. The Morgan fingerprint density at radius 2 is 1.82 bits per heavy atom. The molecule has 150 valence electrons. The molecule has 28 heavy (non-hydrogen) atoms. The van der Waals surface area contributed by atoms with Crippen LogP contribution in [0.4, 0.5) is 0 Å². The van der Waals surface area contributed by atoms with Crippen LogP contribution in [0.25, 0.3) is 0 Å². The van der Waals surface area contributed by atoms with Crippen molar-refractivity contribution < 1.29 is 23.7 Å². The third-order valence-electron chi connectivity index (χ3n) is 4.37. The number of esters is 1. The van der Waals surface area contributed by atoms with Crippen molar-refractivity contribution in [3.63, 3.8) is 0 Å². The molecule has 1 N–H and O–H groups in total. The van der Waals surface area contributed by atoms with Gasteiger partial charge in [0.2, 0.25) is 5.75 Å². The molecular weight excluding hydrogens is 380 g/mol. The number of dihydropyridines is 1. The molecule has 1 aromatic rings. The Kier molecular flexibility index (Phi) is 7.24. The SMILES string of the molecule is CCOC(=O)C1=C(C)NC(SC)=C(C#N)C1c1cc(OC)c(OC)c(OC)c1. The fourth-order valence-corrected chi connectivity index (χ4v) is 3.79. The third-order valence-corrected chi connectivity index (χ3v) is 5.10. The number of rotatable bonds is 7. The number of allylic oxidation sites excluding steroid dienone is 2. The average Bonchev–Trinajstić information content (AvgIpc) is 2.71. The van der Waals surface area contributed by atoms with E-state index in [1.54, 1.807) is 26.0 Å². The molecule has 0 aromatic heterocycles. The Morgan fingerprint density at radius 1 is 1.21 bits per heavy atom. The second-order valence-corrected chi connectivity index (χ2v) is 6.65. The van der Waals surface area contributed by atoms with E-state index >= 15 is 0 Å². The van der Waals surface area contributed by atoms with Gasteiger partial charge in [-0.1, -0.05) is 0 Å². The van der Waals surface area contributed by atoms with E-state index in [1.807, 2.05) is 6.26 Å². The summed E-state index contributed by atoms with van der Waals surface area (Å²) in [5, 5.41) is 13.7. The lowest BCUT2D eigenvalue weighted by molar-refractivity contribution is -0.138. The van der Waals surface area contributed by atoms with E-state index in [0.29, 0.717) is 44.7 Å². The van der Waals surface area contributed by atoms with Crippen LogP contribution < -0.4 is 19.5 Å². The zero-order chi connectivity index (χ0) is 20.8. The van der Waals surface area contributed by atoms with Gasteiger partial charge in [0, 0.05) is 5.70 Å². The Bertz CT molecular complexity index is 845. The van der Waals surface area contributed by atoms with Gasteiger partial charge in [0.25, 0.3) is 0 Å². The van der Waals surface area contributed by atoms with Crippen molar-refractivity contribution in [2.45, 2.75) is 19.8 Å². The number of nitrogens with one attached hydrogen (secondary N) is 1. The van der Waals surface area contributed by atoms with Gasteiger partial charge in [-0.2, -0.15) is 5.26 Å². The molecule has 1 aromatic carbocycles. The molecule has 0 radical (unpaired) electrons. The van der Waals surface area contributed by atoms with Crippen LogP contribution in [0.1, 0.15) is 25.3 Å². The van der Waals surface area contributed by atoms with Crippen LogP contribution in [0.5, 0.6) is 17.2 Å². The maximum Gasteiger partial charge on any atom is 0.336 e. The molecule has 0 fully saturated rings. The monoisotopic (exact) mass is 404 g/mol. The van der Waals surface area contributed by atoms with Crippen molar-refractivity contribution in [3.05, 3.63) is 39.6 Å². The quantitative estimate of drug-likeness (QED) is 0.692. The number of methoxy groups -OCH3 is 3. The Morgan fingerprint density at radius 3 is 2.25 bits per heavy atom. The van der Waals surface area contributed by atoms with Crippen molar-refractivity contribution in [2.75, 3.05) is 34.2 Å². The average molecular weight is 404 g/mol. The minimum absolute atomic E-state index is 0.235. The van der Waals surface area contributed by atoms with Gasteiger partial charge in [0.15, 0.2) is 11.5 Å². The van der Waals surface area contributed by atoms with E-state index in [0.717, 1.165) is 0 Å². The molecule has 1 atom stereocenters. The summed E-state index contributed by atoms with van der Waals surface area (Å²) in [4.78, 5) is 12.7. The molecule has 0 spiro atoms. The van der Waals surface area contributed by atoms with E-state index in [4.69, 9.17) is 18.9 Å². The highest BCUT2D eigenvalue weighted by atomic mass is 32.2. The molecule has 0 saturated heterocycles. The van der Waals surface area contributed by atoms with Gasteiger partial charge in [0.05, 0.1) is 56.1 Å². The zero-order valence-electron chi connectivity index (χ0n) is 16.8. The lowest BCUT2D eigenvalue weighted by Gasteiger charge is -2.29. The largest absolute Gasteiger partial charge is 0.493 e. The molecule has 7 nitrogen and oxygen atoms in total. The predicted octanol–water partition coefficient (Wildman–Crippen LogP) is 3.33. The van der Waals surface area contributed by atoms with Gasteiger partial charge < -0.3 is 24.3 Å². The van der Waals surface area contributed by atoms with Gasteiger partial charge in [-0.3, -0.25) is 0 Å². The highest BCUT2D eigenvalue weighted by Gasteiger charge is 2.36. The number of nitrogens with zero attached hydrogens (tertiary/aromatic N) is 1. The highest BCUT2D eigenvalue weighted by molar-refractivity contribution is 8.02. The first-order valence-corrected chi connectivity index (χ1v) is 9.82. The van der Waals surface area contributed by atoms with Crippen LogP contribution in [0.15, 0.2) is 34.0 Å². The van der Waals surface area contributed by atoms with Crippen LogP contribution in [-0.2, 0) is 9.53 Å². The second-order valence-electron chi connectivity index (χ2n) is 5.83. The Balaban J connectivity index is 2.78. The van der Waals surface area contributed by atoms with E-state index < -0.39 is 11.9 Å². The molecule has 1 heterocycles. The molecule has 1 unspecified atom stereocenters. The van der Waals surface area contributed by atoms with Crippen LogP contribution in [0.2, 0.25) is 0 Å². The molecule has 0 saturated carbocycles. The zero-order valence-corrected chi connectivity index (χ0v) is 17.7. The molecule has 2 rings (SSSR count). The fraction of sp³-hybridized carbons (Fsp3) is 0.400. The summed E-state index contributed by atoms with van der Waals surface area (Å²) in [5.74, 6) is 0.229. The molecule has 0 bridgehead atoms. The van der Waals surface area contributed by atoms with Crippen molar-refractivity contribution in [1.29, 1.82) is 5.26 Å². The molecule has 1 aliphatic heterocycles. The van der Waals surface area contributed by atoms with E-state index in [9.17, 15) is 10.1 Å². The highest BCUT2D eigenvalue weighted by Crippen LogP contribution is 2.46. The number of benzene rings is 1. The lowest BCUT2D eigenvalue weighted by Crippen LogP contribution is -2.28. The van der Waals surface area contributed by atoms with Crippen molar-refractivity contribution in [2.24, 2.45) is 0 Å². The van der Waals surface area contributed by atoms with Gasteiger partial charge in [-0.15, -0.1) is 11.8 Å². The normalized spacial score (nSPS) is 16.2. The van der Waals surface area contributed by atoms with Crippen molar-refractivity contribution in [1.82, 2.24) is 5.32 Å². The smallest absolute Gasteiger partial charge is 0.336 e. The number of ether oxygens (including phenoxy) is 4. The van der Waals surface area contributed by atoms with E-state index in [1.165, 1.54) is 33.1 Å². The first-order chi connectivity index (χ1) is 13.5. The molecule has 0 amide bonds. The minimum Gasteiger partial charge on any atom is -0.493 e. The van der Waals surface area contributed by atoms with Crippen LogP contribution in [-0.4, -0.2) is 40.2 Å². The summed E-state index contributed by atoms with van der Waals surface area (Å²) in [6.45, 7) is 3.77. The maximum atomic E-state index is 12.7. The first-order valence-electron chi connectivity index (χ1n) is 8.60. The number of thioether (sulfide) groups is 1. The first kappa shape index (κ1) is 21.5. The Labute approximate surface area is 169 Å². The number of hydrogen-bond donors (Lipinski definition) is 1. The number of nitriles is 1. The van der Waals surface area contributed by atoms with Crippen molar-refractivity contribution in [3.8, 4) is 23.3 Å². The molecule has 8 heteroatoms. The molecule has 1 aliphatic rings. The van der Waals surface area contributed by atoms with Gasteiger partial charge >= 0.3 is 5.97 Å². The van der Waals surface area contributed by atoms with Gasteiger partial charge in [-0.25, -0.2) is 4.79 Å². The van der Waals surface area contributed by atoms with Gasteiger partial charge in [-0.05, 0) is 37.8 Å². The standard InChI is InChI=1S/C20H24N2O5S/c1-7-27-20(23)16-11(2)22-19(28-6)13(10-21)17(16)12-8-14(24-3)18(26-5)15(9-12)25-4/h8-9,17,22H,7H2,1-6H3. The predicted molar refractivity (Wildman–Crippen MR) is 107 cm³/mol. The lowest BCUT2D eigenvalue weighted by atomic mass is 9.82. The molecule has 0 aliphatic carbocycles. The summed E-state index contributed by atoms with van der Waals surface area (Å²) in [7, 11) is 4.56. The summed E-state index contributed by atoms with van der Waals surface area (Å²) < 4.78 is 21.5. The molecular formula is C20H24N2O5S. The minimum atomic E-state index is -0.624. The summed E-state index contributed by atoms with van der Waals surface area (Å²) in [6.07, 6.45) is 1.87. The van der Waals surface area contributed by atoms with Gasteiger partial charge in [0.1, 0.15) is 0 Å². The van der Waals surface area contributed by atoms with E-state index in [2.05, 4.69) is 11.4 Å². The number of hydrogen-bond acceptors (Lipinski definition) is 8. The van der Waals surface area contributed by atoms with Crippen molar-refractivity contribution >= 4 is 17.7 Å². The topological polar surface area (TPSA) is 89.8 Å². The maximum absolute atomic E-state index is 12.7. The van der Waals surface area contributed by atoms with Crippen LogP contribution >= 0.6 is 11.8 Å². The number of carbonyl (C=O) groups is 1. The Hall–Kier alpha value is -2.79. The van der Waals surface area contributed by atoms with E-state index in [-0.39, 0.29) is 6.61 Å². The van der Waals surface area contributed by atoms with Crippen LogP contribution in [0.3, 0.4) is 0 Å². The summed E-state index contributed by atoms with van der Waals surface area (Å²) in [6, 6.07) is 5.74.